The molecule has 2 bridgehead atoms. The van der Waals surface area contributed by atoms with Gasteiger partial charge in [0.05, 0.1) is 18.6 Å². The summed E-state index contributed by atoms with van der Waals surface area (Å²) in [6.07, 6.45) is 4.75. The summed E-state index contributed by atoms with van der Waals surface area (Å²) in [6.45, 7) is 10.8. The average Bonchev–Trinajstić information content (AvgIpc) is 3.02. The van der Waals surface area contributed by atoms with Gasteiger partial charge in [-0.25, -0.2) is 0 Å². The van der Waals surface area contributed by atoms with E-state index in [1.165, 1.54) is 18.4 Å². The maximum Gasteiger partial charge on any atom is 0.240 e. The van der Waals surface area contributed by atoms with E-state index in [4.69, 9.17) is 9.47 Å². The van der Waals surface area contributed by atoms with Crippen LogP contribution in [-0.2, 0) is 14.9 Å². The van der Waals surface area contributed by atoms with Crippen molar-refractivity contribution in [1.29, 1.82) is 0 Å². The fourth-order valence-corrected chi connectivity index (χ4v) is 5.31. The molecule has 0 radical (unpaired) electrons. The SMILES string of the molecule is CC(C)(C)[C@@H]1CCN2CCC[C@@](c3ccccc3)(C1)C21OCCO1. The van der Waals surface area contributed by atoms with Gasteiger partial charge < -0.3 is 9.47 Å². The molecule has 0 amide bonds. The van der Waals surface area contributed by atoms with Crippen LogP contribution in [0.15, 0.2) is 30.3 Å². The number of hydrogen-bond donors (Lipinski definition) is 0. The third kappa shape index (κ3) is 2.36. The van der Waals surface area contributed by atoms with Crippen LogP contribution in [0.25, 0.3) is 0 Å². The zero-order chi connectivity index (χ0) is 16.8. The minimum atomic E-state index is -0.549. The van der Waals surface area contributed by atoms with Crippen molar-refractivity contribution in [3.8, 4) is 0 Å². The van der Waals surface area contributed by atoms with Crippen molar-refractivity contribution >= 4 is 0 Å². The van der Waals surface area contributed by atoms with Crippen molar-refractivity contribution in [2.24, 2.45) is 11.3 Å². The van der Waals surface area contributed by atoms with Crippen LogP contribution in [0.4, 0.5) is 0 Å². The Morgan fingerprint density at radius 3 is 2.42 bits per heavy atom. The van der Waals surface area contributed by atoms with E-state index in [2.05, 4.69) is 56.0 Å². The topological polar surface area (TPSA) is 21.7 Å². The van der Waals surface area contributed by atoms with Gasteiger partial charge in [-0.3, -0.25) is 4.90 Å². The summed E-state index contributed by atoms with van der Waals surface area (Å²) in [5.41, 5.74) is 1.64. The van der Waals surface area contributed by atoms with Gasteiger partial charge in [0.15, 0.2) is 0 Å². The molecule has 0 aliphatic carbocycles. The second kappa shape index (κ2) is 5.82. The standard InChI is InChI=1S/C21H31NO2/c1-19(2,3)18-10-13-22-12-7-11-20(16-18,17-8-5-4-6-9-17)21(22)23-14-15-24-21/h4-6,8-9,18H,7,10-16H2,1-3H3/t18-,20+/m1/s1. The molecule has 1 aromatic rings. The molecular formula is C21H31NO2. The smallest absolute Gasteiger partial charge is 0.240 e. The summed E-state index contributed by atoms with van der Waals surface area (Å²) in [5, 5.41) is 0. The van der Waals surface area contributed by atoms with E-state index in [0.717, 1.165) is 25.9 Å². The molecule has 3 saturated heterocycles. The summed E-state index contributed by atoms with van der Waals surface area (Å²) >= 11 is 0. The van der Waals surface area contributed by atoms with Crippen LogP contribution in [0.3, 0.4) is 0 Å². The van der Waals surface area contributed by atoms with Crippen molar-refractivity contribution in [2.75, 3.05) is 26.3 Å². The fourth-order valence-electron chi connectivity index (χ4n) is 5.31. The highest BCUT2D eigenvalue weighted by Gasteiger charge is 2.64. The first kappa shape index (κ1) is 16.6. The number of benzene rings is 1. The molecule has 3 nitrogen and oxygen atoms in total. The molecule has 3 heteroatoms. The zero-order valence-corrected chi connectivity index (χ0v) is 15.4. The lowest BCUT2D eigenvalue weighted by molar-refractivity contribution is -0.312. The Morgan fingerprint density at radius 2 is 1.75 bits per heavy atom. The Labute approximate surface area is 146 Å². The van der Waals surface area contributed by atoms with Crippen LogP contribution in [0, 0.1) is 11.3 Å². The quantitative estimate of drug-likeness (QED) is 0.771. The van der Waals surface area contributed by atoms with E-state index < -0.39 is 5.91 Å². The first-order valence-electron chi connectivity index (χ1n) is 9.56. The predicted octanol–water partition coefficient (Wildman–Crippen LogP) is 4.18. The Kier molecular flexibility index (Phi) is 4.02. The van der Waals surface area contributed by atoms with Gasteiger partial charge >= 0.3 is 0 Å². The van der Waals surface area contributed by atoms with Gasteiger partial charge in [-0.05, 0) is 42.6 Å². The number of hydrogen-bond acceptors (Lipinski definition) is 3. The van der Waals surface area contributed by atoms with Gasteiger partial charge in [-0.2, -0.15) is 0 Å². The Hall–Kier alpha value is -0.900. The summed E-state index contributed by atoms with van der Waals surface area (Å²) in [5.74, 6) is 0.123. The normalized spacial score (nSPS) is 35.8. The van der Waals surface area contributed by atoms with Crippen LogP contribution in [0.5, 0.6) is 0 Å². The molecule has 132 valence electrons. The van der Waals surface area contributed by atoms with E-state index in [9.17, 15) is 0 Å². The summed E-state index contributed by atoms with van der Waals surface area (Å²) in [6, 6.07) is 11.0. The Morgan fingerprint density at radius 1 is 1.04 bits per heavy atom. The van der Waals surface area contributed by atoms with Crippen LogP contribution in [0.1, 0.15) is 52.0 Å². The molecule has 3 aliphatic heterocycles. The number of ether oxygens (including phenoxy) is 2. The molecular weight excluding hydrogens is 298 g/mol. The van der Waals surface area contributed by atoms with E-state index in [1.54, 1.807) is 0 Å². The fraction of sp³-hybridized carbons (Fsp3) is 0.714. The van der Waals surface area contributed by atoms with Crippen LogP contribution >= 0.6 is 0 Å². The van der Waals surface area contributed by atoms with Crippen molar-refractivity contribution in [3.05, 3.63) is 35.9 Å². The van der Waals surface area contributed by atoms with Crippen molar-refractivity contribution in [3.63, 3.8) is 0 Å². The van der Waals surface area contributed by atoms with Crippen molar-refractivity contribution in [2.45, 2.75) is 57.8 Å². The maximum absolute atomic E-state index is 6.45. The molecule has 1 aromatic carbocycles. The first-order chi connectivity index (χ1) is 11.5. The first-order valence-corrected chi connectivity index (χ1v) is 9.56. The molecule has 0 saturated carbocycles. The second-order valence-electron chi connectivity index (χ2n) is 8.87. The number of piperidine rings is 1. The molecule has 3 fully saturated rings. The van der Waals surface area contributed by atoms with Crippen molar-refractivity contribution in [1.82, 2.24) is 4.90 Å². The van der Waals surface area contributed by atoms with Gasteiger partial charge in [0, 0.05) is 13.1 Å². The van der Waals surface area contributed by atoms with E-state index >= 15 is 0 Å². The van der Waals surface area contributed by atoms with E-state index in [0.29, 0.717) is 24.5 Å². The zero-order valence-electron chi connectivity index (χ0n) is 15.4. The highest BCUT2D eigenvalue weighted by Crippen LogP contribution is 2.57. The lowest BCUT2D eigenvalue weighted by atomic mass is 9.62. The molecule has 1 unspecified atom stereocenters. The molecule has 3 atom stereocenters. The predicted molar refractivity (Wildman–Crippen MR) is 95.7 cm³/mol. The summed E-state index contributed by atoms with van der Waals surface area (Å²) < 4.78 is 12.9. The van der Waals surface area contributed by atoms with E-state index in [1.807, 2.05) is 0 Å². The summed E-state index contributed by atoms with van der Waals surface area (Å²) in [4.78, 5) is 2.52. The molecule has 4 rings (SSSR count). The largest absolute Gasteiger partial charge is 0.334 e. The van der Waals surface area contributed by atoms with Gasteiger partial charge in [-0.1, -0.05) is 51.1 Å². The van der Waals surface area contributed by atoms with Gasteiger partial charge in [0.25, 0.3) is 0 Å². The van der Waals surface area contributed by atoms with Gasteiger partial charge in [0.1, 0.15) is 0 Å². The van der Waals surface area contributed by atoms with Crippen molar-refractivity contribution < 1.29 is 9.47 Å². The molecule has 3 heterocycles. The highest BCUT2D eigenvalue weighted by molar-refractivity contribution is 5.31. The minimum Gasteiger partial charge on any atom is -0.334 e. The highest BCUT2D eigenvalue weighted by atomic mass is 16.8. The monoisotopic (exact) mass is 329 g/mol. The van der Waals surface area contributed by atoms with Gasteiger partial charge in [-0.15, -0.1) is 0 Å². The maximum atomic E-state index is 6.45. The lowest BCUT2D eigenvalue weighted by Gasteiger charge is -2.55. The third-order valence-electron chi connectivity index (χ3n) is 6.62. The lowest BCUT2D eigenvalue weighted by Crippen LogP contribution is -2.65. The second-order valence-corrected chi connectivity index (χ2v) is 8.87. The summed E-state index contributed by atoms with van der Waals surface area (Å²) in [7, 11) is 0. The molecule has 0 N–H and O–H groups in total. The Bertz CT molecular complexity index is 573. The molecule has 3 aliphatic rings. The Balaban J connectivity index is 1.87. The molecule has 1 spiro atoms. The van der Waals surface area contributed by atoms with E-state index in [-0.39, 0.29) is 5.41 Å². The number of nitrogens with zero attached hydrogens (tertiary/aromatic N) is 1. The number of rotatable bonds is 1. The minimum absolute atomic E-state index is 0.0581. The molecule has 0 aromatic heterocycles. The van der Waals surface area contributed by atoms with Crippen LogP contribution in [0.2, 0.25) is 0 Å². The molecule has 24 heavy (non-hydrogen) atoms. The van der Waals surface area contributed by atoms with Crippen LogP contribution in [-0.4, -0.2) is 37.1 Å². The van der Waals surface area contributed by atoms with Crippen LogP contribution < -0.4 is 0 Å². The van der Waals surface area contributed by atoms with Gasteiger partial charge in [0.2, 0.25) is 5.91 Å². The average molecular weight is 329 g/mol. The third-order valence-corrected chi connectivity index (χ3v) is 6.62.